The lowest BCUT2D eigenvalue weighted by Crippen LogP contribution is -2.36. The lowest BCUT2D eigenvalue weighted by Gasteiger charge is -2.24. The van der Waals surface area contributed by atoms with E-state index < -0.39 is 5.60 Å². The van der Waals surface area contributed by atoms with Crippen LogP contribution in [0.15, 0.2) is 6.20 Å². The summed E-state index contributed by atoms with van der Waals surface area (Å²) in [7, 11) is 0. The summed E-state index contributed by atoms with van der Waals surface area (Å²) >= 11 is 0. The second-order valence-corrected chi connectivity index (χ2v) is 5.05. The van der Waals surface area contributed by atoms with Crippen LogP contribution < -0.4 is 10.6 Å². The van der Waals surface area contributed by atoms with E-state index >= 15 is 0 Å². The van der Waals surface area contributed by atoms with Crippen LogP contribution in [0.1, 0.15) is 26.3 Å². The first kappa shape index (κ1) is 11.9. The molecule has 17 heavy (non-hydrogen) atoms. The van der Waals surface area contributed by atoms with Gasteiger partial charge in [-0.3, -0.25) is 4.90 Å². The molecule has 0 spiro atoms. The summed E-state index contributed by atoms with van der Waals surface area (Å²) in [5.74, 6) is 0.766. The minimum Gasteiger partial charge on any atom is -0.443 e. The lowest BCUT2D eigenvalue weighted by molar-refractivity contribution is 0.0583. The van der Waals surface area contributed by atoms with Crippen LogP contribution in [0.2, 0.25) is 0 Å². The van der Waals surface area contributed by atoms with Crippen LogP contribution in [-0.4, -0.2) is 28.0 Å². The molecule has 0 unspecified atom stereocenters. The maximum atomic E-state index is 12.0. The fourth-order valence-electron chi connectivity index (χ4n) is 1.83. The van der Waals surface area contributed by atoms with Crippen molar-refractivity contribution in [3.05, 3.63) is 11.8 Å². The van der Waals surface area contributed by atoms with Crippen LogP contribution in [0.4, 0.5) is 10.6 Å². The average molecular weight is 238 g/mol. The van der Waals surface area contributed by atoms with Gasteiger partial charge in [0.25, 0.3) is 0 Å². The highest BCUT2D eigenvalue weighted by molar-refractivity contribution is 5.88. The molecule has 2 rings (SSSR count). The number of carbonyl (C=O) groups is 1. The zero-order valence-corrected chi connectivity index (χ0v) is 10.4. The number of anilines is 1. The molecule has 1 amide bonds. The topological polar surface area (TPSA) is 73.4 Å². The number of hydrogen-bond acceptors (Lipinski definition) is 4. The van der Waals surface area contributed by atoms with Crippen molar-refractivity contribution in [1.29, 1.82) is 0 Å². The fourth-order valence-corrected chi connectivity index (χ4v) is 1.83. The van der Waals surface area contributed by atoms with Crippen LogP contribution >= 0.6 is 0 Å². The van der Waals surface area contributed by atoms with Crippen molar-refractivity contribution in [2.45, 2.75) is 39.5 Å². The molecule has 0 radical (unpaired) electrons. The van der Waals surface area contributed by atoms with Gasteiger partial charge in [-0.15, -0.1) is 0 Å². The van der Waals surface area contributed by atoms with Crippen molar-refractivity contribution in [3.8, 4) is 0 Å². The van der Waals surface area contributed by atoms with Gasteiger partial charge in [-0.05, 0) is 20.8 Å². The number of rotatable bonds is 1. The van der Waals surface area contributed by atoms with Crippen LogP contribution in [0.3, 0.4) is 0 Å². The standard InChI is InChI=1S/C11H18N4O2/c1-11(2,3)17-10(16)14-4-5-15-9(14)8(6-12)7-13-15/h7H,4-6,12H2,1-3H3. The molecule has 0 bridgehead atoms. The Labute approximate surface area is 100 Å². The number of hydrogen-bond donors (Lipinski definition) is 1. The summed E-state index contributed by atoms with van der Waals surface area (Å²) in [6.45, 7) is 7.20. The number of ether oxygens (including phenoxy) is 1. The molecule has 2 N–H and O–H groups in total. The Bertz CT molecular complexity index is 433. The van der Waals surface area contributed by atoms with Crippen molar-refractivity contribution < 1.29 is 9.53 Å². The zero-order chi connectivity index (χ0) is 12.6. The number of nitrogens with zero attached hydrogens (tertiary/aromatic N) is 3. The van der Waals surface area contributed by atoms with Gasteiger partial charge in [0, 0.05) is 12.1 Å². The highest BCUT2D eigenvalue weighted by atomic mass is 16.6. The van der Waals surface area contributed by atoms with E-state index in [0.29, 0.717) is 19.6 Å². The molecule has 0 aliphatic carbocycles. The van der Waals surface area contributed by atoms with Crippen LogP contribution in [0.25, 0.3) is 0 Å². The van der Waals surface area contributed by atoms with Gasteiger partial charge in [-0.2, -0.15) is 5.10 Å². The van der Waals surface area contributed by atoms with E-state index in [-0.39, 0.29) is 6.09 Å². The molecule has 6 heteroatoms. The zero-order valence-electron chi connectivity index (χ0n) is 10.4. The molecule has 0 fully saturated rings. The van der Waals surface area contributed by atoms with Gasteiger partial charge in [-0.1, -0.05) is 0 Å². The molecule has 0 aromatic carbocycles. The third-order valence-corrected chi connectivity index (χ3v) is 2.51. The Balaban J connectivity index is 2.21. The Hall–Kier alpha value is -1.56. The van der Waals surface area contributed by atoms with Gasteiger partial charge in [0.15, 0.2) is 0 Å². The Morgan fingerprint density at radius 3 is 2.82 bits per heavy atom. The quantitative estimate of drug-likeness (QED) is 0.795. The van der Waals surface area contributed by atoms with E-state index in [1.54, 1.807) is 15.8 Å². The first-order chi connectivity index (χ1) is 7.92. The van der Waals surface area contributed by atoms with E-state index in [9.17, 15) is 4.79 Å². The Kier molecular flexibility index (Phi) is 2.82. The van der Waals surface area contributed by atoms with E-state index in [2.05, 4.69) is 5.10 Å². The minimum absolute atomic E-state index is 0.341. The molecule has 1 aliphatic heterocycles. The third kappa shape index (κ3) is 2.26. The van der Waals surface area contributed by atoms with Gasteiger partial charge >= 0.3 is 6.09 Å². The molecule has 2 heterocycles. The summed E-state index contributed by atoms with van der Waals surface area (Å²) in [4.78, 5) is 13.6. The van der Waals surface area contributed by atoms with E-state index in [1.165, 1.54) is 0 Å². The molecule has 0 atom stereocenters. The number of fused-ring (bicyclic) bond motifs is 1. The minimum atomic E-state index is -0.493. The second-order valence-electron chi connectivity index (χ2n) is 5.05. The lowest BCUT2D eigenvalue weighted by atomic mass is 10.2. The van der Waals surface area contributed by atoms with Gasteiger partial charge in [0.1, 0.15) is 11.4 Å². The molecular weight excluding hydrogens is 220 g/mol. The molecule has 94 valence electrons. The molecule has 0 saturated heterocycles. The predicted octanol–water partition coefficient (Wildman–Crippen LogP) is 1.10. The molecule has 6 nitrogen and oxygen atoms in total. The first-order valence-corrected chi connectivity index (χ1v) is 5.67. The summed E-state index contributed by atoms with van der Waals surface area (Å²) < 4.78 is 7.14. The number of aromatic nitrogens is 2. The van der Waals surface area contributed by atoms with Crippen LogP contribution in [-0.2, 0) is 17.8 Å². The summed E-state index contributed by atoms with van der Waals surface area (Å²) in [5, 5.41) is 4.18. The Morgan fingerprint density at radius 2 is 2.24 bits per heavy atom. The van der Waals surface area contributed by atoms with E-state index in [1.807, 2.05) is 20.8 Å². The smallest absolute Gasteiger partial charge is 0.416 e. The van der Waals surface area contributed by atoms with Crippen molar-refractivity contribution in [2.24, 2.45) is 5.73 Å². The largest absolute Gasteiger partial charge is 0.443 e. The molecule has 1 aromatic heterocycles. The van der Waals surface area contributed by atoms with Gasteiger partial charge < -0.3 is 10.5 Å². The van der Waals surface area contributed by atoms with Gasteiger partial charge in [-0.25, -0.2) is 9.48 Å². The molecule has 0 saturated carbocycles. The highest BCUT2D eigenvalue weighted by Crippen LogP contribution is 2.26. The number of carbonyl (C=O) groups excluding carboxylic acids is 1. The van der Waals surface area contributed by atoms with E-state index in [0.717, 1.165) is 11.4 Å². The normalized spacial score (nSPS) is 14.9. The van der Waals surface area contributed by atoms with Crippen LogP contribution in [0, 0.1) is 0 Å². The Morgan fingerprint density at radius 1 is 1.53 bits per heavy atom. The summed E-state index contributed by atoms with van der Waals surface area (Å²) in [6, 6.07) is 0. The highest BCUT2D eigenvalue weighted by Gasteiger charge is 2.31. The summed E-state index contributed by atoms with van der Waals surface area (Å²) in [6.07, 6.45) is 1.36. The first-order valence-electron chi connectivity index (χ1n) is 5.67. The SMILES string of the molecule is CC(C)(C)OC(=O)N1CCn2ncc(CN)c21. The summed E-state index contributed by atoms with van der Waals surface area (Å²) in [5.41, 5.74) is 6.00. The van der Waals surface area contributed by atoms with Crippen LogP contribution in [0.5, 0.6) is 0 Å². The predicted molar refractivity (Wildman–Crippen MR) is 63.7 cm³/mol. The number of amides is 1. The monoisotopic (exact) mass is 238 g/mol. The second kappa shape index (κ2) is 4.03. The maximum absolute atomic E-state index is 12.0. The van der Waals surface area contributed by atoms with Crippen molar-refractivity contribution in [1.82, 2.24) is 9.78 Å². The third-order valence-electron chi connectivity index (χ3n) is 2.51. The van der Waals surface area contributed by atoms with Crippen molar-refractivity contribution in [3.63, 3.8) is 0 Å². The number of nitrogens with two attached hydrogens (primary N) is 1. The molecule has 1 aromatic rings. The van der Waals surface area contributed by atoms with Gasteiger partial charge in [0.2, 0.25) is 0 Å². The molecule has 1 aliphatic rings. The maximum Gasteiger partial charge on any atom is 0.416 e. The van der Waals surface area contributed by atoms with Crippen molar-refractivity contribution >= 4 is 11.9 Å². The average Bonchev–Trinajstić information content (AvgIpc) is 2.73. The molecular formula is C11H18N4O2. The van der Waals surface area contributed by atoms with E-state index in [4.69, 9.17) is 10.5 Å². The fraction of sp³-hybridized carbons (Fsp3) is 0.636. The van der Waals surface area contributed by atoms with Crippen molar-refractivity contribution in [2.75, 3.05) is 11.4 Å². The van der Waals surface area contributed by atoms with Gasteiger partial charge in [0.05, 0.1) is 19.3 Å².